The van der Waals surface area contributed by atoms with Crippen LogP contribution in [-0.4, -0.2) is 12.6 Å². The quantitative estimate of drug-likeness (QED) is 0.561. The van der Waals surface area contributed by atoms with Gasteiger partial charge in [-0.05, 0) is 36.6 Å². The van der Waals surface area contributed by atoms with Gasteiger partial charge < -0.3 is 5.32 Å². The molecule has 2 rings (SSSR count). The maximum Gasteiger partial charge on any atom is 0.0101 e. The van der Waals surface area contributed by atoms with Crippen molar-refractivity contribution in [2.24, 2.45) is 17.3 Å². The molecule has 64 valence electrons. The molecule has 2 bridgehead atoms. The zero-order chi connectivity index (χ0) is 8.06. The summed E-state index contributed by atoms with van der Waals surface area (Å²) in [5.41, 5.74) is 0.591. The molecule has 1 saturated heterocycles. The largest absolute Gasteiger partial charge is 0.314 e. The van der Waals surface area contributed by atoms with Gasteiger partial charge in [-0.2, -0.15) is 0 Å². The minimum atomic E-state index is 0.591. The molecule has 0 amide bonds. The number of hydrogen-bond acceptors (Lipinski definition) is 1. The third-order valence-corrected chi connectivity index (χ3v) is 4.27. The summed E-state index contributed by atoms with van der Waals surface area (Å²) in [5, 5.41) is 3.62. The van der Waals surface area contributed by atoms with Crippen molar-refractivity contribution in [3.63, 3.8) is 0 Å². The molecule has 0 spiro atoms. The van der Waals surface area contributed by atoms with Crippen LogP contribution in [-0.2, 0) is 0 Å². The van der Waals surface area contributed by atoms with Gasteiger partial charge in [-0.1, -0.05) is 20.8 Å². The van der Waals surface area contributed by atoms with Crippen molar-refractivity contribution < 1.29 is 0 Å². The first-order valence-electron chi connectivity index (χ1n) is 4.86. The van der Waals surface area contributed by atoms with Gasteiger partial charge in [0.25, 0.3) is 0 Å². The molecule has 1 heterocycles. The molecule has 0 aromatic carbocycles. The fraction of sp³-hybridized carbons (Fsp3) is 1.00. The Labute approximate surface area is 69.6 Å². The molecule has 2 aliphatic rings. The predicted octanol–water partition coefficient (Wildman–Crippen LogP) is 2.03. The molecule has 1 N–H and O–H groups in total. The van der Waals surface area contributed by atoms with Gasteiger partial charge in [-0.15, -0.1) is 0 Å². The molecule has 1 heteroatoms. The van der Waals surface area contributed by atoms with Crippen molar-refractivity contribution in [3.8, 4) is 0 Å². The van der Waals surface area contributed by atoms with Gasteiger partial charge in [0.1, 0.15) is 0 Å². The minimum absolute atomic E-state index is 0.591. The molecule has 3 atom stereocenters. The Hall–Kier alpha value is -0.0400. The van der Waals surface area contributed by atoms with Gasteiger partial charge in [0.2, 0.25) is 0 Å². The SMILES string of the molecule is CC1C2CC(CCN2)C1(C)C. The Morgan fingerprint density at radius 3 is 2.64 bits per heavy atom. The van der Waals surface area contributed by atoms with Crippen LogP contribution >= 0.6 is 0 Å². The highest BCUT2D eigenvalue weighted by atomic mass is 15.0. The molecule has 1 saturated carbocycles. The highest BCUT2D eigenvalue weighted by molar-refractivity contribution is 5.01. The second-order valence-corrected chi connectivity index (χ2v) is 4.89. The van der Waals surface area contributed by atoms with E-state index in [1.807, 2.05) is 0 Å². The maximum atomic E-state index is 3.62. The molecule has 0 aromatic rings. The van der Waals surface area contributed by atoms with Crippen molar-refractivity contribution in [1.82, 2.24) is 5.32 Å². The van der Waals surface area contributed by atoms with Crippen LogP contribution in [0.1, 0.15) is 33.6 Å². The highest BCUT2D eigenvalue weighted by Crippen LogP contribution is 2.50. The van der Waals surface area contributed by atoms with E-state index in [0.717, 1.165) is 17.9 Å². The van der Waals surface area contributed by atoms with Crippen LogP contribution < -0.4 is 5.32 Å². The molecule has 3 unspecified atom stereocenters. The number of rotatable bonds is 0. The summed E-state index contributed by atoms with van der Waals surface area (Å²) in [4.78, 5) is 0. The lowest BCUT2D eigenvalue weighted by atomic mass is 9.75. The summed E-state index contributed by atoms with van der Waals surface area (Å²) < 4.78 is 0. The van der Waals surface area contributed by atoms with Crippen molar-refractivity contribution >= 4 is 0 Å². The zero-order valence-electron chi connectivity index (χ0n) is 7.85. The first kappa shape index (κ1) is 7.60. The van der Waals surface area contributed by atoms with Crippen molar-refractivity contribution in [1.29, 1.82) is 0 Å². The van der Waals surface area contributed by atoms with Crippen LogP contribution in [0.3, 0.4) is 0 Å². The van der Waals surface area contributed by atoms with E-state index in [4.69, 9.17) is 0 Å². The van der Waals surface area contributed by atoms with Gasteiger partial charge >= 0.3 is 0 Å². The van der Waals surface area contributed by atoms with Crippen molar-refractivity contribution in [3.05, 3.63) is 0 Å². The lowest BCUT2D eigenvalue weighted by molar-refractivity contribution is 0.198. The van der Waals surface area contributed by atoms with Crippen LogP contribution in [0.25, 0.3) is 0 Å². The first-order valence-corrected chi connectivity index (χ1v) is 4.86. The normalized spacial score (nSPS) is 47.7. The number of fused-ring (bicyclic) bond motifs is 2. The number of piperidine rings is 1. The van der Waals surface area contributed by atoms with Crippen LogP contribution in [0, 0.1) is 17.3 Å². The molecule has 0 aromatic heterocycles. The molecular formula is C10H19N. The second kappa shape index (κ2) is 2.22. The van der Waals surface area contributed by atoms with Gasteiger partial charge in [0, 0.05) is 6.04 Å². The summed E-state index contributed by atoms with van der Waals surface area (Å²) in [6, 6.07) is 0.823. The molecule has 0 radical (unpaired) electrons. The van der Waals surface area contributed by atoms with Crippen molar-refractivity contribution in [2.75, 3.05) is 6.54 Å². The number of nitrogens with one attached hydrogen (secondary N) is 1. The molecule has 1 nitrogen and oxygen atoms in total. The Balaban J connectivity index is 2.24. The van der Waals surface area contributed by atoms with Crippen LogP contribution in [0.5, 0.6) is 0 Å². The van der Waals surface area contributed by atoms with Crippen LogP contribution in [0.2, 0.25) is 0 Å². The van der Waals surface area contributed by atoms with Gasteiger partial charge in [0.15, 0.2) is 0 Å². The van der Waals surface area contributed by atoms with E-state index in [1.54, 1.807) is 0 Å². The minimum Gasteiger partial charge on any atom is -0.314 e. The van der Waals surface area contributed by atoms with E-state index in [-0.39, 0.29) is 0 Å². The summed E-state index contributed by atoms with van der Waals surface area (Å²) in [5.74, 6) is 1.86. The monoisotopic (exact) mass is 153 g/mol. The number of hydrogen-bond donors (Lipinski definition) is 1. The van der Waals surface area contributed by atoms with E-state index in [0.29, 0.717) is 5.41 Å². The van der Waals surface area contributed by atoms with Crippen molar-refractivity contribution in [2.45, 2.75) is 39.7 Å². The van der Waals surface area contributed by atoms with Crippen LogP contribution in [0.4, 0.5) is 0 Å². The fourth-order valence-electron chi connectivity index (χ4n) is 2.90. The third-order valence-electron chi connectivity index (χ3n) is 4.27. The summed E-state index contributed by atoms with van der Waals surface area (Å²) >= 11 is 0. The second-order valence-electron chi connectivity index (χ2n) is 4.89. The highest BCUT2D eigenvalue weighted by Gasteiger charge is 2.47. The Kier molecular flexibility index (Phi) is 1.54. The first-order chi connectivity index (χ1) is 5.12. The van der Waals surface area contributed by atoms with Gasteiger partial charge in [-0.25, -0.2) is 0 Å². The maximum absolute atomic E-state index is 3.62. The average molecular weight is 153 g/mol. The smallest absolute Gasteiger partial charge is 0.0101 e. The summed E-state index contributed by atoms with van der Waals surface area (Å²) in [6.07, 6.45) is 2.82. The Morgan fingerprint density at radius 2 is 2.09 bits per heavy atom. The van der Waals surface area contributed by atoms with E-state index in [2.05, 4.69) is 26.1 Å². The van der Waals surface area contributed by atoms with E-state index in [1.165, 1.54) is 19.4 Å². The summed E-state index contributed by atoms with van der Waals surface area (Å²) in [6.45, 7) is 8.54. The lowest BCUT2D eigenvalue weighted by Crippen LogP contribution is -2.35. The Morgan fingerprint density at radius 1 is 1.36 bits per heavy atom. The Bertz CT molecular complexity index is 158. The predicted molar refractivity (Wildman–Crippen MR) is 47.5 cm³/mol. The molecule has 11 heavy (non-hydrogen) atoms. The summed E-state index contributed by atoms with van der Waals surface area (Å²) in [7, 11) is 0. The average Bonchev–Trinajstić information content (AvgIpc) is 2.15. The molecule has 1 aliphatic heterocycles. The zero-order valence-corrected chi connectivity index (χ0v) is 7.85. The van der Waals surface area contributed by atoms with Crippen LogP contribution in [0.15, 0.2) is 0 Å². The molecule has 1 aliphatic carbocycles. The lowest BCUT2D eigenvalue weighted by Gasteiger charge is -2.29. The van der Waals surface area contributed by atoms with Gasteiger partial charge in [-0.3, -0.25) is 0 Å². The van der Waals surface area contributed by atoms with E-state index in [9.17, 15) is 0 Å². The molecule has 2 fully saturated rings. The molecular weight excluding hydrogens is 134 g/mol. The fourth-order valence-corrected chi connectivity index (χ4v) is 2.90. The van der Waals surface area contributed by atoms with Gasteiger partial charge in [0.05, 0.1) is 0 Å². The van der Waals surface area contributed by atoms with E-state index >= 15 is 0 Å². The topological polar surface area (TPSA) is 12.0 Å². The third kappa shape index (κ3) is 0.936. The standard InChI is InChI=1S/C10H19N/c1-7-9-6-8(4-5-11-9)10(7,2)3/h7-9,11H,4-6H2,1-3H3. The van der Waals surface area contributed by atoms with E-state index < -0.39 is 0 Å².